The minimum atomic E-state index is -1.55. The third-order valence-corrected chi connectivity index (χ3v) is 3.75. The zero-order valence-corrected chi connectivity index (χ0v) is 11.4. The van der Waals surface area contributed by atoms with E-state index in [1.807, 2.05) is 6.92 Å². The van der Waals surface area contributed by atoms with Gasteiger partial charge in [0.2, 0.25) is 11.8 Å². The number of thioether (sulfide) groups is 1. The van der Waals surface area contributed by atoms with Crippen LogP contribution >= 0.6 is 11.8 Å². The van der Waals surface area contributed by atoms with Crippen molar-refractivity contribution in [1.29, 1.82) is 0 Å². The largest absolute Gasteiger partial charge is 0.480 e. The van der Waals surface area contributed by atoms with E-state index >= 15 is 0 Å². The average molecular weight is 292 g/mol. The first-order valence-corrected chi connectivity index (χ1v) is 7.13. The lowest BCUT2D eigenvalue weighted by Gasteiger charge is -2.24. The lowest BCUT2D eigenvalue weighted by Crippen LogP contribution is -2.52. The van der Waals surface area contributed by atoms with E-state index in [0.29, 0.717) is 24.5 Å². The van der Waals surface area contributed by atoms with Gasteiger partial charge in [0.25, 0.3) is 0 Å². The van der Waals surface area contributed by atoms with Crippen LogP contribution in [0.5, 0.6) is 0 Å². The zero-order chi connectivity index (χ0) is 14.4. The van der Waals surface area contributed by atoms with E-state index in [4.69, 9.17) is 5.11 Å². The van der Waals surface area contributed by atoms with Gasteiger partial charge in [-0.25, -0.2) is 9.18 Å². The van der Waals surface area contributed by atoms with E-state index < -0.39 is 30.6 Å². The molecule has 1 aliphatic rings. The topological polar surface area (TPSA) is 86.7 Å². The molecule has 2 unspecified atom stereocenters. The number of nitrogens with one attached hydrogen (secondary N) is 1. The molecular formula is C11H17FN2O4S. The Morgan fingerprint density at radius 3 is 2.74 bits per heavy atom. The first-order chi connectivity index (χ1) is 9.01. The summed E-state index contributed by atoms with van der Waals surface area (Å²) in [5, 5.41) is 10.8. The fourth-order valence-electron chi connectivity index (χ4n) is 1.70. The molecule has 19 heavy (non-hydrogen) atoms. The molecule has 0 saturated carbocycles. The molecule has 0 radical (unpaired) electrons. The average Bonchev–Trinajstić information content (AvgIpc) is 2.84. The number of hydrogen-bond acceptors (Lipinski definition) is 4. The number of carbonyl (C=O) groups is 3. The zero-order valence-electron chi connectivity index (χ0n) is 10.6. The molecule has 1 fully saturated rings. The van der Waals surface area contributed by atoms with E-state index in [1.54, 1.807) is 0 Å². The lowest BCUT2D eigenvalue weighted by molar-refractivity contribution is -0.144. The highest BCUT2D eigenvalue weighted by atomic mass is 32.2. The molecule has 2 N–H and O–H groups in total. The number of carbonyl (C=O) groups excluding carboxylic acids is 2. The van der Waals surface area contributed by atoms with Crippen molar-refractivity contribution in [2.24, 2.45) is 0 Å². The first-order valence-electron chi connectivity index (χ1n) is 5.97. The second-order valence-corrected chi connectivity index (χ2v) is 5.18. The van der Waals surface area contributed by atoms with E-state index in [2.05, 4.69) is 5.32 Å². The maximum absolute atomic E-state index is 12.5. The number of nitrogens with zero attached hydrogens (tertiary/aromatic N) is 1. The first kappa shape index (κ1) is 15.7. The molecule has 1 rings (SSSR count). The predicted molar refractivity (Wildman–Crippen MR) is 68.4 cm³/mol. The number of halogens is 1. The molecule has 6 nitrogen and oxygen atoms in total. The Balaban J connectivity index is 2.64. The van der Waals surface area contributed by atoms with E-state index in [0.717, 1.165) is 0 Å². The van der Waals surface area contributed by atoms with Gasteiger partial charge in [0.15, 0.2) is 6.04 Å². The minimum absolute atomic E-state index is 0.139. The van der Waals surface area contributed by atoms with Crippen molar-refractivity contribution in [3.8, 4) is 0 Å². The third-order valence-electron chi connectivity index (χ3n) is 2.74. The number of carboxylic acid groups (broad SMARTS) is 1. The highest BCUT2D eigenvalue weighted by Crippen LogP contribution is 2.22. The summed E-state index contributed by atoms with van der Waals surface area (Å²) in [7, 11) is 0. The summed E-state index contributed by atoms with van der Waals surface area (Å²) < 4.78 is 12.5. The molecule has 1 heterocycles. The SMILES string of the molecule is CCCC(=O)N1CSCC1C(=O)NC(CF)C(=O)O. The third kappa shape index (κ3) is 4.09. The van der Waals surface area contributed by atoms with Crippen LogP contribution in [-0.4, -0.2) is 58.2 Å². The number of aliphatic carboxylic acids is 1. The summed E-state index contributed by atoms with van der Waals surface area (Å²) in [5.41, 5.74) is 0. The predicted octanol–water partition coefficient (Wildman–Crippen LogP) is 0.227. The summed E-state index contributed by atoms with van der Waals surface area (Å²) in [6.07, 6.45) is 1.02. The van der Waals surface area contributed by atoms with Crippen LogP contribution in [0.1, 0.15) is 19.8 Å². The molecule has 0 bridgehead atoms. The molecular weight excluding hydrogens is 275 g/mol. The summed E-state index contributed by atoms with van der Waals surface area (Å²) >= 11 is 1.42. The van der Waals surface area contributed by atoms with Crippen LogP contribution in [0.25, 0.3) is 0 Å². The quantitative estimate of drug-likeness (QED) is 0.731. The summed E-state index contributed by atoms with van der Waals surface area (Å²) in [6, 6.07) is -2.27. The van der Waals surface area contributed by atoms with Crippen molar-refractivity contribution in [2.75, 3.05) is 18.3 Å². The number of hydrogen-bond donors (Lipinski definition) is 2. The van der Waals surface area contributed by atoms with Gasteiger partial charge in [-0.05, 0) is 6.42 Å². The van der Waals surface area contributed by atoms with Gasteiger partial charge in [-0.2, -0.15) is 0 Å². The molecule has 2 atom stereocenters. The Morgan fingerprint density at radius 2 is 2.21 bits per heavy atom. The number of amides is 2. The van der Waals surface area contributed by atoms with Gasteiger partial charge in [0.05, 0.1) is 5.88 Å². The molecule has 0 aromatic heterocycles. The highest BCUT2D eigenvalue weighted by Gasteiger charge is 2.35. The van der Waals surface area contributed by atoms with Gasteiger partial charge in [-0.3, -0.25) is 9.59 Å². The van der Waals surface area contributed by atoms with E-state index in [-0.39, 0.29) is 5.91 Å². The van der Waals surface area contributed by atoms with Crippen LogP contribution in [0.3, 0.4) is 0 Å². The lowest BCUT2D eigenvalue weighted by atomic mass is 10.2. The molecule has 0 spiro atoms. The fraction of sp³-hybridized carbons (Fsp3) is 0.727. The van der Waals surface area contributed by atoms with Gasteiger partial charge in [0, 0.05) is 12.2 Å². The van der Waals surface area contributed by atoms with Gasteiger partial charge in [0.1, 0.15) is 12.7 Å². The normalized spacial score (nSPS) is 20.1. The van der Waals surface area contributed by atoms with Crippen molar-refractivity contribution in [2.45, 2.75) is 31.8 Å². The minimum Gasteiger partial charge on any atom is -0.480 e. The Morgan fingerprint density at radius 1 is 1.53 bits per heavy atom. The Kier molecular flexibility index (Phi) is 6.07. The molecule has 0 aliphatic carbocycles. The number of carboxylic acids is 1. The molecule has 0 aromatic rings. The summed E-state index contributed by atoms with van der Waals surface area (Å²) in [4.78, 5) is 35.8. The second-order valence-electron chi connectivity index (χ2n) is 4.18. The van der Waals surface area contributed by atoms with Crippen molar-refractivity contribution >= 4 is 29.5 Å². The van der Waals surface area contributed by atoms with Gasteiger partial charge in [-0.15, -0.1) is 11.8 Å². The smallest absolute Gasteiger partial charge is 0.328 e. The van der Waals surface area contributed by atoms with E-state index in [1.165, 1.54) is 16.7 Å². The van der Waals surface area contributed by atoms with Crippen molar-refractivity contribution in [1.82, 2.24) is 10.2 Å². The van der Waals surface area contributed by atoms with Gasteiger partial charge in [-0.1, -0.05) is 6.92 Å². The van der Waals surface area contributed by atoms with Crippen molar-refractivity contribution < 1.29 is 23.9 Å². The molecule has 108 valence electrons. The molecule has 1 saturated heterocycles. The van der Waals surface area contributed by atoms with Crippen LogP contribution in [0.15, 0.2) is 0 Å². The monoisotopic (exact) mass is 292 g/mol. The summed E-state index contributed by atoms with van der Waals surface area (Å²) in [5.74, 6) is -1.36. The molecule has 8 heteroatoms. The van der Waals surface area contributed by atoms with E-state index in [9.17, 15) is 18.8 Å². The number of rotatable bonds is 6. The van der Waals surface area contributed by atoms with Crippen LogP contribution in [0, 0.1) is 0 Å². The van der Waals surface area contributed by atoms with Crippen molar-refractivity contribution in [3.05, 3.63) is 0 Å². The summed E-state index contributed by atoms with van der Waals surface area (Å²) in [6.45, 7) is 0.684. The Bertz CT molecular complexity index is 367. The van der Waals surface area contributed by atoms with Crippen LogP contribution in [0.4, 0.5) is 4.39 Å². The maximum atomic E-state index is 12.5. The Labute approximate surface area is 114 Å². The number of alkyl halides is 1. The molecule has 1 aliphatic heterocycles. The Hall–Kier alpha value is -1.31. The van der Waals surface area contributed by atoms with Crippen molar-refractivity contribution in [3.63, 3.8) is 0 Å². The molecule has 2 amide bonds. The van der Waals surface area contributed by atoms with Crippen LogP contribution in [0.2, 0.25) is 0 Å². The van der Waals surface area contributed by atoms with Gasteiger partial charge >= 0.3 is 5.97 Å². The fourth-order valence-corrected chi connectivity index (χ4v) is 2.88. The van der Waals surface area contributed by atoms with Gasteiger partial charge < -0.3 is 15.3 Å². The second kappa shape index (κ2) is 7.32. The highest BCUT2D eigenvalue weighted by molar-refractivity contribution is 7.99. The molecule has 0 aromatic carbocycles. The standard InChI is InChI=1S/C11H17FN2O4S/c1-2-3-9(15)14-6-19-5-8(14)10(16)13-7(4-12)11(17)18/h7-8H,2-6H2,1H3,(H,13,16)(H,17,18). The maximum Gasteiger partial charge on any atom is 0.328 e. The van der Waals surface area contributed by atoms with Crippen LogP contribution < -0.4 is 5.32 Å². The van der Waals surface area contributed by atoms with Crippen LogP contribution in [-0.2, 0) is 14.4 Å².